The lowest BCUT2D eigenvalue weighted by atomic mass is 10.1. The third-order valence-electron chi connectivity index (χ3n) is 2.55. The SMILES string of the molecule is O=C(Nc1nccs1)c1cc2ccccc2c(=O)o1. The second-order valence-electron chi connectivity index (χ2n) is 3.78. The van der Waals surface area contributed by atoms with Gasteiger partial charge in [0.1, 0.15) is 0 Å². The highest BCUT2D eigenvalue weighted by molar-refractivity contribution is 7.13. The Balaban J connectivity index is 2.01. The third kappa shape index (κ3) is 2.25. The average Bonchev–Trinajstić information content (AvgIpc) is 2.91. The molecule has 94 valence electrons. The summed E-state index contributed by atoms with van der Waals surface area (Å²) in [6.07, 6.45) is 1.58. The van der Waals surface area contributed by atoms with Crippen LogP contribution in [0.4, 0.5) is 5.13 Å². The van der Waals surface area contributed by atoms with Crippen molar-refractivity contribution in [1.29, 1.82) is 0 Å². The van der Waals surface area contributed by atoms with E-state index in [1.54, 1.807) is 41.9 Å². The topological polar surface area (TPSA) is 72.2 Å². The van der Waals surface area contributed by atoms with Crippen LogP contribution in [0, 0.1) is 0 Å². The first-order valence-electron chi connectivity index (χ1n) is 5.48. The number of nitrogens with one attached hydrogen (secondary N) is 1. The zero-order valence-electron chi connectivity index (χ0n) is 9.62. The van der Waals surface area contributed by atoms with Gasteiger partial charge >= 0.3 is 5.63 Å². The largest absolute Gasteiger partial charge is 0.417 e. The molecule has 19 heavy (non-hydrogen) atoms. The maximum atomic E-state index is 11.9. The number of aromatic nitrogens is 1. The smallest absolute Gasteiger partial charge is 0.344 e. The number of hydrogen-bond donors (Lipinski definition) is 1. The molecule has 2 aromatic heterocycles. The lowest BCUT2D eigenvalue weighted by Crippen LogP contribution is -2.14. The Hall–Kier alpha value is -2.47. The zero-order valence-corrected chi connectivity index (χ0v) is 10.4. The lowest BCUT2D eigenvalue weighted by Gasteiger charge is -2.02. The van der Waals surface area contributed by atoms with Gasteiger partial charge in [-0.15, -0.1) is 11.3 Å². The Bertz CT molecular complexity index is 793. The number of benzene rings is 1. The first-order valence-corrected chi connectivity index (χ1v) is 6.36. The van der Waals surface area contributed by atoms with Gasteiger partial charge in [-0.25, -0.2) is 9.78 Å². The summed E-state index contributed by atoms with van der Waals surface area (Å²) in [5.74, 6) is -0.517. The molecular weight excluding hydrogens is 264 g/mol. The van der Waals surface area contributed by atoms with Crippen molar-refractivity contribution in [1.82, 2.24) is 4.98 Å². The van der Waals surface area contributed by atoms with Crippen molar-refractivity contribution in [2.24, 2.45) is 0 Å². The number of anilines is 1. The molecule has 0 radical (unpaired) electrons. The predicted molar refractivity (Wildman–Crippen MR) is 72.6 cm³/mol. The van der Waals surface area contributed by atoms with Crippen LogP contribution in [0.25, 0.3) is 10.8 Å². The molecule has 0 spiro atoms. The molecule has 1 aromatic carbocycles. The maximum Gasteiger partial charge on any atom is 0.344 e. The van der Waals surface area contributed by atoms with Gasteiger partial charge in [0.2, 0.25) is 0 Å². The molecule has 0 fully saturated rings. The van der Waals surface area contributed by atoms with E-state index in [4.69, 9.17) is 4.42 Å². The fraction of sp³-hybridized carbons (Fsp3) is 0. The first-order chi connectivity index (χ1) is 9.24. The van der Waals surface area contributed by atoms with Gasteiger partial charge in [0.15, 0.2) is 10.9 Å². The van der Waals surface area contributed by atoms with E-state index in [1.165, 1.54) is 11.3 Å². The Morgan fingerprint density at radius 1 is 1.32 bits per heavy atom. The minimum atomic E-state index is -0.526. The Kier molecular flexibility index (Phi) is 2.85. The highest BCUT2D eigenvalue weighted by Crippen LogP contribution is 2.15. The molecule has 1 N–H and O–H groups in total. The van der Waals surface area contributed by atoms with Crippen molar-refractivity contribution in [2.45, 2.75) is 0 Å². The van der Waals surface area contributed by atoms with Gasteiger partial charge in [-0.1, -0.05) is 18.2 Å². The van der Waals surface area contributed by atoms with Crippen molar-refractivity contribution in [3.05, 3.63) is 58.1 Å². The molecule has 0 saturated carbocycles. The lowest BCUT2D eigenvalue weighted by molar-refractivity contribution is 0.0993. The van der Waals surface area contributed by atoms with Crippen molar-refractivity contribution in [2.75, 3.05) is 5.32 Å². The number of amides is 1. The van der Waals surface area contributed by atoms with Gasteiger partial charge < -0.3 is 4.42 Å². The Morgan fingerprint density at radius 2 is 2.16 bits per heavy atom. The van der Waals surface area contributed by atoms with Gasteiger partial charge in [0, 0.05) is 11.6 Å². The standard InChI is InChI=1S/C13H8N2O3S/c16-11(15-13-14-5-6-19-13)10-7-8-3-1-2-4-9(8)12(17)18-10/h1-7H,(H,14,15,16). The number of fused-ring (bicyclic) bond motifs is 1. The fourth-order valence-corrected chi connectivity index (χ4v) is 2.21. The van der Waals surface area contributed by atoms with Crippen LogP contribution in [0.1, 0.15) is 10.6 Å². The van der Waals surface area contributed by atoms with Crippen LogP contribution in [0.5, 0.6) is 0 Å². The Labute approximate surface area is 111 Å². The van der Waals surface area contributed by atoms with Crippen LogP contribution < -0.4 is 10.9 Å². The van der Waals surface area contributed by atoms with Gasteiger partial charge in [-0.2, -0.15) is 0 Å². The van der Waals surface area contributed by atoms with E-state index in [1.807, 2.05) is 0 Å². The molecule has 2 heterocycles. The summed E-state index contributed by atoms with van der Waals surface area (Å²) in [5, 5.41) is 5.89. The van der Waals surface area contributed by atoms with Crippen LogP contribution in [0.3, 0.4) is 0 Å². The van der Waals surface area contributed by atoms with Crippen molar-refractivity contribution in [3.8, 4) is 0 Å². The molecule has 3 aromatic rings. The molecule has 0 atom stereocenters. The van der Waals surface area contributed by atoms with E-state index in [0.29, 0.717) is 15.9 Å². The normalized spacial score (nSPS) is 10.5. The molecule has 0 unspecified atom stereocenters. The molecule has 6 heteroatoms. The number of thiazole rings is 1. The van der Waals surface area contributed by atoms with Crippen LogP contribution >= 0.6 is 11.3 Å². The van der Waals surface area contributed by atoms with E-state index in [2.05, 4.69) is 10.3 Å². The second kappa shape index (κ2) is 4.66. The van der Waals surface area contributed by atoms with E-state index in [-0.39, 0.29) is 5.76 Å². The molecule has 0 aliphatic rings. The number of rotatable bonds is 2. The quantitative estimate of drug-likeness (QED) is 0.778. The summed E-state index contributed by atoms with van der Waals surface area (Å²) < 4.78 is 5.01. The summed E-state index contributed by atoms with van der Waals surface area (Å²) in [5.41, 5.74) is -0.526. The summed E-state index contributed by atoms with van der Waals surface area (Å²) in [6.45, 7) is 0. The predicted octanol–water partition coefficient (Wildman–Crippen LogP) is 2.50. The highest BCUT2D eigenvalue weighted by Gasteiger charge is 2.13. The van der Waals surface area contributed by atoms with Crippen molar-refractivity contribution in [3.63, 3.8) is 0 Å². The minimum absolute atomic E-state index is 0.0288. The monoisotopic (exact) mass is 272 g/mol. The molecular formula is C13H8N2O3S. The fourth-order valence-electron chi connectivity index (χ4n) is 1.69. The van der Waals surface area contributed by atoms with E-state index in [0.717, 1.165) is 0 Å². The number of nitrogens with zero attached hydrogens (tertiary/aromatic N) is 1. The van der Waals surface area contributed by atoms with Gasteiger partial charge in [-0.3, -0.25) is 10.1 Å². The molecule has 0 bridgehead atoms. The number of carbonyl (C=O) groups is 1. The number of carbonyl (C=O) groups excluding carboxylic acids is 1. The first kappa shape index (κ1) is 11.6. The van der Waals surface area contributed by atoms with Crippen molar-refractivity contribution < 1.29 is 9.21 Å². The van der Waals surface area contributed by atoms with Gasteiger partial charge in [0.25, 0.3) is 5.91 Å². The van der Waals surface area contributed by atoms with Gasteiger partial charge in [-0.05, 0) is 17.5 Å². The summed E-state index contributed by atoms with van der Waals surface area (Å²) in [4.78, 5) is 27.6. The molecule has 1 amide bonds. The minimum Gasteiger partial charge on any atom is -0.417 e. The molecule has 0 saturated heterocycles. The number of hydrogen-bond acceptors (Lipinski definition) is 5. The summed E-state index contributed by atoms with van der Waals surface area (Å²) in [6, 6.07) is 8.49. The summed E-state index contributed by atoms with van der Waals surface area (Å²) in [7, 11) is 0. The third-order valence-corrected chi connectivity index (χ3v) is 3.24. The molecule has 0 aliphatic heterocycles. The van der Waals surface area contributed by atoms with Crippen LogP contribution in [0.15, 0.2) is 51.1 Å². The van der Waals surface area contributed by atoms with Crippen molar-refractivity contribution >= 4 is 33.1 Å². The molecule has 3 rings (SSSR count). The van der Waals surface area contributed by atoms with Gasteiger partial charge in [0.05, 0.1) is 5.39 Å². The zero-order chi connectivity index (χ0) is 13.2. The summed E-state index contributed by atoms with van der Waals surface area (Å²) >= 11 is 1.29. The maximum absolute atomic E-state index is 11.9. The molecule has 5 nitrogen and oxygen atoms in total. The second-order valence-corrected chi connectivity index (χ2v) is 4.67. The van der Waals surface area contributed by atoms with E-state index in [9.17, 15) is 9.59 Å². The van der Waals surface area contributed by atoms with E-state index < -0.39 is 11.5 Å². The van der Waals surface area contributed by atoms with Crippen LogP contribution in [-0.2, 0) is 0 Å². The highest BCUT2D eigenvalue weighted by atomic mass is 32.1. The average molecular weight is 272 g/mol. The molecule has 0 aliphatic carbocycles. The van der Waals surface area contributed by atoms with E-state index >= 15 is 0 Å². The van der Waals surface area contributed by atoms with Crippen LogP contribution in [-0.4, -0.2) is 10.9 Å². The Morgan fingerprint density at radius 3 is 2.95 bits per heavy atom. The van der Waals surface area contributed by atoms with Crippen LogP contribution in [0.2, 0.25) is 0 Å².